The lowest BCUT2D eigenvalue weighted by atomic mass is 10.3. The third-order valence-corrected chi connectivity index (χ3v) is 3.12. The van der Waals surface area contributed by atoms with Gasteiger partial charge in [0.15, 0.2) is 0 Å². The predicted octanol–water partition coefficient (Wildman–Crippen LogP) is 0.463. The Bertz CT molecular complexity index is 590. The summed E-state index contributed by atoms with van der Waals surface area (Å²) in [6.45, 7) is 4.40. The number of hydrogen-bond donors (Lipinski definition) is 0. The van der Waals surface area contributed by atoms with Crippen LogP contribution in [0.15, 0.2) is 12.3 Å². The number of anilines is 2. The van der Waals surface area contributed by atoms with Gasteiger partial charge in [-0.2, -0.15) is 10.1 Å². The van der Waals surface area contributed by atoms with Crippen LogP contribution in [0.3, 0.4) is 0 Å². The first-order valence-electron chi connectivity index (χ1n) is 6.29. The summed E-state index contributed by atoms with van der Waals surface area (Å²) in [5.74, 6) is 3.48. The molecule has 0 saturated heterocycles. The average Bonchev–Trinajstić information content (AvgIpc) is 2.77. The summed E-state index contributed by atoms with van der Waals surface area (Å²) in [6, 6.07) is 1.94. The van der Waals surface area contributed by atoms with E-state index >= 15 is 0 Å². The molecular formula is C12H17N7. The highest BCUT2D eigenvalue weighted by Gasteiger charge is 2.20. The van der Waals surface area contributed by atoms with Crippen molar-refractivity contribution >= 4 is 11.8 Å². The highest BCUT2D eigenvalue weighted by molar-refractivity contribution is 5.43. The minimum Gasteiger partial charge on any atom is -0.347 e. The van der Waals surface area contributed by atoms with Crippen LogP contribution in [0.2, 0.25) is 0 Å². The third kappa shape index (κ3) is 2.23. The van der Waals surface area contributed by atoms with Crippen LogP contribution in [0.5, 0.6) is 0 Å². The van der Waals surface area contributed by atoms with Crippen molar-refractivity contribution in [2.45, 2.75) is 20.0 Å². The fraction of sp³-hybridized carbons (Fsp3) is 0.500. The second-order valence-corrected chi connectivity index (χ2v) is 4.83. The van der Waals surface area contributed by atoms with E-state index in [4.69, 9.17) is 0 Å². The topological polar surface area (TPSA) is 63.0 Å². The molecule has 7 heteroatoms. The fourth-order valence-electron chi connectivity index (χ4n) is 2.19. The van der Waals surface area contributed by atoms with Gasteiger partial charge in [-0.25, -0.2) is 14.6 Å². The average molecular weight is 259 g/mol. The zero-order valence-electron chi connectivity index (χ0n) is 11.4. The molecule has 0 aromatic carbocycles. The highest BCUT2D eigenvalue weighted by atomic mass is 15.4. The molecule has 3 rings (SSSR count). The van der Waals surface area contributed by atoms with E-state index in [2.05, 4.69) is 25.0 Å². The summed E-state index contributed by atoms with van der Waals surface area (Å²) >= 11 is 0. The van der Waals surface area contributed by atoms with Crippen molar-refractivity contribution in [3.05, 3.63) is 23.9 Å². The third-order valence-electron chi connectivity index (χ3n) is 3.12. The minimum absolute atomic E-state index is 0.723. The van der Waals surface area contributed by atoms with Gasteiger partial charge in [0, 0.05) is 26.8 Å². The Labute approximate surface area is 111 Å². The Morgan fingerprint density at radius 2 is 2.05 bits per heavy atom. The second kappa shape index (κ2) is 4.49. The fourth-order valence-corrected chi connectivity index (χ4v) is 2.19. The van der Waals surface area contributed by atoms with Gasteiger partial charge in [-0.1, -0.05) is 0 Å². The summed E-state index contributed by atoms with van der Waals surface area (Å²) in [5, 5.41) is 4.36. The summed E-state index contributed by atoms with van der Waals surface area (Å²) < 4.78 is 1.97. The van der Waals surface area contributed by atoms with Gasteiger partial charge < -0.3 is 9.80 Å². The van der Waals surface area contributed by atoms with Gasteiger partial charge in [0.2, 0.25) is 5.95 Å². The molecule has 1 aliphatic heterocycles. The molecule has 0 N–H and O–H groups in total. The van der Waals surface area contributed by atoms with Crippen LogP contribution in [0.4, 0.5) is 11.8 Å². The monoisotopic (exact) mass is 259 g/mol. The van der Waals surface area contributed by atoms with Gasteiger partial charge in [-0.05, 0) is 13.0 Å². The zero-order valence-corrected chi connectivity index (χ0v) is 11.4. The van der Waals surface area contributed by atoms with E-state index in [0.717, 1.165) is 43.0 Å². The molecule has 3 heterocycles. The molecule has 0 radical (unpaired) electrons. The van der Waals surface area contributed by atoms with Gasteiger partial charge in [0.1, 0.15) is 17.5 Å². The SMILES string of the molecule is Cc1nc2n(n1)CCN(c1ccnc(N(C)C)n1)C2. The standard InChI is InChI=1S/C12H17N7/c1-9-14-11-8-18(6-7-19(11)16-9)10-4-5-13-12(15-10)17(2)3/h4-5H,6-8H2,1-3H3. The molecule has 1 aliphatic rings. The Hall–Kier alpha value is -2.18. The van der Waals surface area contributed by atoms with Crippen LogP contribution < -0.4 is 9.80 Å². The maximum absolute atomic E-state index is 4.56. The van der Waals surface area contributed by atoms with E-state index in [9.17, 15) is 0 Å². The number of aryl methyl sites for hydroxylation is 1. The van der Waals surface area contributed by atoms with Crippen molar-refractivity contribution in [1.82, 2.24) is 24.7 Å². The summed E-state index contributed by atoms with van der Waals surface area (Å²) in [6.07, 6.45) is 1.79. The Kier molecular flexibility index (Phi) is 2.81. The molecule has 0 amide bonds. The number of hydrogen-bond acceptors (Lipinski definition) is 6. The highest BCUT2D eigenvalue weighted by Crippen LogP contribution is 2.19. The summed E-state index contributed by atoms with van der Waals surface area (Å²) in [7, 11) is 3.88. The molecule has 2 aromatic rings. The maximum Gasteiger partial charge on any atom is 0.226 e. The first-order valence-corrected chi connectivity index (χ1v) is 6.29. The Balaban J connectivity index is 1.86. The normalized spacial score (nSPS) is 14.4. The van der Waals surface area contributed by atoms with Crippen LogP contribution in [-0.4, -0.2) is 45.4 Å². The van der Waals surface area contributed by atoms with Crippen LogP contribution in [0.25, 0.3) is 0 Å². The van der Waals surface area contributed by atoms with E-state index < -0.39 is 0 Å². The minimum atomic E-state index is 0.723. The second-order valence-electron chi connectivity index (χ2n) is 4.83. The van der Waals surface area contributed by atoms with Gasteiger partial charge in [-0.3, -0.25) is 0 Å². The number of nitrogens with zero attached hydrogens (tertiary/aromatic N) is 7. The Morgan fingerprint density at radius 3 is 2.84 bits per heavy atom. The van der Waals surface area contributed by atoms with E-state index in [0.29, 0.717) is 0 Å². The molecule has 19 heavy (non-hydrogen) atoms. The van der Waals surface area contributed by atoms with Gasteiger partial charge >= 0.3 is 0 Å². The van der Waals surface area contributed by atoms with Crippen molar-refractivity contribution in [3.8, 4) is 0 Å². The van der Waals surface area contributed by atoms with Gasteiger partial charge in [0.25, 0.3) is 0 Å². The molecule has 7 nitrogen and oxygen atoms in total. The number of aromatic nitrogens is 5. The molecule has 0 fully saturated rings. The van der Waals surface area contributed by atoms with E-state index in [-0.39, 0.29) is 0 Å². The molecule has 0 aliphatic carbocycles. The van der Waals surface area contributed by atoms with Crippen molar-refractivity contribution in [1.29, 1.82) is 0 Å². The van der Waals surface area contributed by atoms with Crippen molar-refractivity contribution < 1.29 is 0 Å². The van der Waals surface area contributed by atoms with E-state index in [1.807, 2.05) is 36.7 Å². The van der Waals surface area contributed by atoms with Crippen LogP contribution in [0.1, 0.15) is 11.6 Å². The smallest absolute Gasteiger partial charge is 0.226 e. The lowest BCUT2D eigenvalue weighted by Gasteiger charge is -2.28. The van der Waals surface area contributed by atoms with Gasteiger partial charge in [-0.15, -0.1) is 0 Å². The zero-order chi connectivity index (χ0) is 13.4. The lowest BCUT2D eigenvalue weighted by Crippen LogP contribution is -2.35. The predicted molar refractivity (Wildman–Crippen MR) is 72.2 cm³/mol. The van der Waals surface area contributed by atoms with Gasteiger partial charge in [0.05, 0.1) is 13.1 Å². The van der Waals surface area contributed by atoms with Crippen LogP contribution in [0, 0.1) is 6.92 Å². The first-order chi connectivity index (χ1) is 9.13. The molecule has 0 unspecified atom stereocenters. The molecule has 0 saturated carbocycles. The molecule has 100 valence electrons. The molecular weight excluding hydrogens is 242 g/mol. The van der Waals surface area contributed by atoms with Crippen molar-refractivity contribution in [2.75, 3.05) is 30.4 Å². The van der Waals surface area contributed by atoms with E-state index in [1.165, 1.54) is 0 Å². The van der Waals surface area contributed by atoms with E-state index in [1.54, 1.807) is 6.20 Å². The molecule has 0 bridgehead atoms. The number of fused-ring (bicyclic) bond motifs is 1. The molecule has 0 spiro atoms. The molecule has 0 atom stereocenters. The molecule has 2 aromatic heterocycles. The number of rotatable bonds is 2. The van der Waals surface area contributed by atoms with Crippen LogP contribution in [-0.2, 0) is 13.1 Å². The largest absolute Gasteiger partial charge is 0.347 e. The summed E-state index contributed by atoms with van der Waals surface area (Å²) in [5.41, 5.74) is 0. The lowest BCUT2D eigenvalue weighted by molar-refractivity contribution is 0.509. The van der Waals surface area contributed by atoms with Crippen LogP contribution >= 0.6 is 0 Å². The Morgan fingerprint density at radius 1 is 1.21 bits per heavy atom. The summed E-state index contributed by atoms with van der Waals surface area (Å²) in [4.78, 5) is 17.3. The van der Waals surface area contributed by atoms with Crippen molar-refractivity contribution in [2.24, 2.45) is 0 Å². The quantitative estimate of drug-likeness (QED) is 0.781. The van der Waals surface area contributed by atoms with Crippen molar-refractivity contribution in [3.63, 3.8) is 0 Å². The maximum atomic E-state index is 4.56. The first kappa shape index (κ1) is 11.9.